The first kappa shape index (κ1) is 13.4. The predicted octanol–water partition coefficient (Wildman–Crippen LogP) is 2.21. The molecule has 7 heteroatoms. The number of anilines is 1. The van der Waals surface area contributed by atoms with Gasteiger partial charge in [-0.2, -0.15) is 13.2 Å². The molecular formula is C10H9F3N2OS. The lowest BCUT2D eigenvalue weighted by Gasteiger charge is -2.11. The van der Waals surface area contributed by atoms with E-state index in [-0.39, 0.29) is 10.7 Å². The van der Waals surface area contributed by atoms with E-state index in [1.54, 1.807) is 12.1 Å². The number of nitrogens with two attached hydrogens (primary N) is 1. The fourth-order valence-corrected chi connectivity index (χ4v) is 1.36. The smallest absolute Gasteiger partial charge is 0.389 e. The molecule has 0 aromatic heterocycles. The van der Waals surface area contributed by atoms with Gasteiger partial charge in [-0.1, -0.05) is 24.4 Å². The van der Waals surface area contributed by atoms with E-state index in [0.29, 0.717) is 5.56 Å². The highest BCUT2D eigenvalue weighted by Crippen LogP contribution is 2.21. The lowest BCUT2D eigenvalue weighted by Crippen LogP contribution is -2.23. The standard InChI is InChI=1S/C10H9F3N2OS/c11-10(12,13)5-8(16)15-7-4-2-1-3-6(7)9(14)17/h1-4H,5H2,(H2,14,17)(H,15,16). The van der Waals surface area contributed by atoms with E-state index in [9.17, 15) is 18.0 Å². The second kappa shape index (κ2) is 5.13. The maximum absolute atomic E-state index is 12.0. The molecule has 0 aliphatic rings. The van der Waals surface area contributed by atoms with Crippen LogP contribution < -0.4 is 11.1 Å². The van der Waals surface area contributed by atoms with Crippen LogP contribution in [-0.4, -0.2) is 17.1 Å². The molecule has 0 aliphatic heterocycles. The first-order valence-corrected chi connectivity index (χ1v) is 4.96. The molecule has 0 spiro atoms. The molecule has 3 nitrogen and oxygen atoms in total. The summed E-state index contributed by atoms with van der Waals surface area (Å²) in [6.07, 6.45) is -6.08. The number of carbonyl (C=O) groups is 1. The van der Waals surface area contributed by atoms with Crippen molar-refractivity contribution >= 4 is 28.8 Å². The number of hydrogen-bond acceptors (Lipinski definition) is 2. The summed E-state index contributed by atoms with van der Waals surface area (Å²) in [5.74, 6) is -1.15. The third-order valence-electron chi connectivity index (χ3n) is 1.83. The molecule has 0 bridgehead atoms. The minimum Gasteiger partial charge on any atom is -0.389 e. The first-order chi connectivity index (χ1) is 7.79. The van der Waals surface area contributed by atoms with E-state index in [2.05, 4.69) is 5.32 Å². The Morgan fingerprint density at radius 2 is 1.94 bits per heavy atom. The van der Waals surface area contributed by atoms with Gasteiger partial charge in [0.1, 0.15) is 11.4 Å². The van der Waals surface area contributed by atoms with E-state index < -0.39 is 18.5 Å². The summed E-state index contributed by atoms with van der Waals surface area (Å²) in [6, 6.07) is 6.13. The minimum absolute atomic E-state index is 0.00732. The van der Waals surface area contributed by atoms with Crippen molar-refractivity contribution in [2.45, 2.75) is 12.6 Å². The zero-order valence-corrected chi connectivity index (χ0v) is 9.36. The molecule has 0 saturated carbocycles. The average molecular weight is 262 g/mol. The Hall–Kier alpha value is -1.63. The molecule has 0 heterocycles. The number of halogens is 3. The van der Waals surface area contributed by atoms with Gasteiger partial charge in [-0.05, 0) is 12.1 Å². The Morgan fingerprint density at radius 1 is 1.35 bits per heavy atom. The zero-order chi connectivity index (χ0) is 13.1. The van der Waals surface area contributed by atoms with Gasteiger partial charge in [0.15, 0.2) is 0 Å². The van der Waals surface area contributed by atoms with Crippen molar-refractivity contribution in [3.63, 3.8) is 0 Å². The lowest BCUT2D eigenvalue weighted by atomic mass is 10.1. The number of carbonyl (C=O) groups excluding carboxylic acids is 1. The average Bonchev–Trinajstić information content (AvgIpc) is 2.14. The van der Waals surface area contributed by atoms with Crippen LogP contribution in [0.2, 0.25) is 0 Å². The van der Waals surface area contributed by atoms with E-state index in [1.165, 1.54) is 12.1 Å². The van der Waals surface area contributed by atoms with Crippen molar-refractivity contribution in [3.8, 4) is 0 Å². The number of rotatable bonds is 3. The Kier molecular flexibility index (Phi) is 4.06. The highest BCUT2D eigenvalue weighted by molar-refractivity contribution is 7.80. The molecule has 1 amide bonds. The summed E-state index contributed by atoms with van der Waals surface area (Å²) < 4.78 is 35.9. The second-order valence-electron chi connectivity index (χ2n) is 3.25. The molecule has 0 aliphatic carbocycles. The van der Waals surface area contributed by atoms with Gasteiger partial charge >= 0.3 is 6.18 Å². The van der Waals surface area contributed by atoms with Gasteiger partial charge in [0.2, 0.25) is 5.91 Å². The summed E-state index contributed by atoms with van der Waals surface area (Å²) in [6.45, 7) is 0. The number of alkyl halides is 3. The maximum Gasteiger partial charge on any atom is 0.397 e. The van der Waals surface area contributed by atoms with E-state index in [0.717, 1.165) is 0 Å². The summed E-state index contributed by atoms with van der Waals surface area (Å²) in [5, 5.41) is 2.12. The molecular weight excluding hydrogens is 253 g/mol. The molecule has 0 atom stereocenters. The molecule has 1 rings (SSSR count). The van der Waals surface area contributed by atoms with Crippen LogP contribution in [-0.2, 0) is 4.79 Å². The Balaban J connectivity index is 2.82. The summed E-state index contributed by atoms with van der Waals surface area (Å²) in [5.41, 5.74) is 5.88. The lowest BCUT2D eigenvalue weighted by molar-refractivity contribution is -0.150. The molecule has 0 saturated heterocycles. The van der Waals surface area contributed by atoms with Crippen LogP contribution in [0.1, 0.15) is 12.0 Å². The number of nitrogens with one attached hydrogen (secondary N) is 1. The van der Waals surface area contributed by atoms with Crippen LogP contribution in [0.5, 0.6) is 0 Å². The Morgan fingerprint density at radius 3 is 2.47 bits per heavy atom. The second-order valence-corrected chi connectivity index (χ2v) is 3.69. The normalized spacial score (nSPS) is 11.0. The summed E-state index contributed by atoms with van der Waals surface area (Å²) in [4.78, 5) is 11.1. The van der Waals surface area contributed by atoms with Gasteiger partial charge in [-0.3, -0.25) is 4.79 Å². The van der Waals surface area contributed by atoms with Crippen LogP contribution >= 0.6 is 12.2 Å². The third-order valence-corrected chi connectivity index (χ3v) is 2.05. The van der Waals surface area contributed by atoms with Crippen molar-refractivity contribution in [1.29, 1.82) is 0 Å². The Labute approximate surface area is 101 Å². The van der Waals surface area contributed by atoms with Crippen LogP contribution in [0.25, 0.3) is 0 Å². The van der Waals surface area contributed by atoms with Crippen molar-refractivity contribution < 1.29 is 18.0 Å². The fraction of sp³-hybridized carbons (Fsp3) is 0.200. The topological polar surface area (TPSA) is 55.1 Å². The van der Waals surface area contributed by atoms with Gasteiger partial charge in [0, 0.05) is 5.56 Å². The Bertz CT molecular complexity index is 445. The number of amides is 1. The van der Waals surface area contributed by atoms with E-state index in [4.69, 9.17) is 18.0 Å². The minimum atomic E-state index is -4.54. The zero-order valence-electron chi connectivity index (χ0n) is 8.54. The van der Waals surface area contributed by atoms with Crippen molar-refractivity contribution in [3.05, 3.63) is 29.8 Å². The SMILES string of the molecule is NC(=S)c1ccccc1NC(=O)CC(F)(F)F. The van der Waals surface area contributed by atoms with E-state index >= 15 is 0 Å². The van der Waals surface area contributed by atoms with Crippen LogP contribution in [0, 0.1) is 0 Å². The number of benzene rings is 1. The summed E-state index contributed by atoms with van der Waals surface area (Å²) in [7, 11) is 0. The van der Waals surface area contributed by atoms with Crippen molar-refractivity contribution in [2.24, 2.45) is 5.73 Å². The fourth-order valence-electron chi connectivity index (χ4n) is 1.18. The number of thiocarbonyl (C=S) groups is 1. The molecule has 0 fully saturated rings. The van der Waals surface area contributed by atoms with Crippen molar-refractivity contribution in [2.75, 3.05) is 5.32 Å². The quantitative estimate of drug-likeness (QED) is 0.821. The highest BCUT2D eigenvalue weighted by Gasteiger charge is 2.31. The van der Waals surface area contributed by atoms with Crippen LogP contribution in [0.4, 0.5) is 18.9 Å². The molecule has 0 unspecified atom stereocenters. The molecule has 17 heavy (non-hydrogen) atoms. The van der Waals surface area contributed by atoms with Crippen molar-refractivity contribution in [1.82, 2.24) is 0 Å². The van der Waals surface area contributed by atoms with Gasteiger partial charge in [-0.25, -0.2) is 0 Å². The largest absolute Gasteiger partial charge is 0.397 e. The van der Waals surface area contributed by atoms with Gasteiger partial charge in [0.25, 0.3) is 0 Å². The van der Waals surface area contributed by atoms with Gasteiger partial charge in [0.05, 0.1) is 5.69 Å². The molecule has 1 aromatic carbocycles. The third kappa shape index (κ3) is 4.39. The maximum atomic E-state index is 12.0. The van der Waals surface area contributed by atoms with Crippen LogP contribution in [0.3, 0.4) is 0 Å². The molecule has 0 radical (unpaired) electrons. The molecule has 92 valence electrons. The first-order valence-electron chi connectivity index (χ1n) is 4.55. The van der Waals surface area contributed by atoms with Crippen LogP contribution in [0.15, 0.2) is 24.3 Å². The number of para-hydroxylation sites is 1. The molecule has 1 aromatic rings. The van der Waals surface area contributed by atoms with Gasteiger partial charge < -0.3 is 11.1 Å². The highest BCUT2D eigenvalue weighted by atomic mass is 32.1. The number of hydrogen-bond donors (Lipinski definition) is 2. The monoisotopic (exact) mass is 262 g/mol. The van der Waals surface area contributed by atoms with E-state index in [1.807, 2.05) is 0 Å². The summed E-state index contributed by atoms with van der Waals surface area (Å²) >= 11 is 4.72. The molecule has 3 N–H and O–H groups in total. The van der Waals surface area contributed by atoms with Gasteiger partial charge in [-0.15, -0.1) is 0 Å². The predicted molar refractivity (Wildman–Crippen MR) is 61.6 cm³/mol.